The zero-order chi connectivity index (χ0) is 31.2. The van der Waals surface area contributed by atoms with Crippen molar-refractivity contribution in [3.8, 4) is 0 Å². The third-order valence-electron chi connectivity index (χ3n) is 9.00. The highest BCUT2D eigenvalue weighted by Crippen LogP contribution is 2.20. The van der Waals surface area contributed by atoms with Gasteiger partial charge in [-0.1, -0.05) is 143 Å². The Labute approximate surface area is 288 Å². The number of aryl methyl sites for hydroxylation is 1. The van der Waals surface area contributed by atoms with E-state index in [4.69, 9.17) is 9.47 Å². The van der Waals surface area contributed by atoms with Crippen molar-refractivity contribution in [2.75, 3.05) is 19.4 Å². The molecular formula is C40H74BrO2P. The Morgan fingerprint density at radius 2 is 1.05 bits per heavy atom. The van der Waals surface area contributed by atoms with E-state index >= 15 is 0 Å². The molecule has 1 aromatic rings. The van der Waals surface area contributed by atoms with Crippen LogP contribution in [0.4, 0.5) is 0 Å². The molecule has 4 heteroatoms. The highest BCUT2D eigenvalue weighted by molar-refractivity contribution is 8.93. The molecule has 0 aromatic heterocycles. The normalized spacial score (nSPS) is 11.9. The Balaban J connectivity index is 0.0000185. The molecule has 0 aliphatic carbocycles. The molecular weight excluding hydrogens is 623 g/mol. The fourth-order valence-electron chi connectivity index (χ4n) is 5.69. The largest absolute Gasteiger partial charge is 0.353 e. The van der Waals surface area contributed by atoms with Crippen LogP contribution in [0.2, 0.25) is 0 Å². The number of allylic oxidation sites excluding steroid dienone is 2. The molecule has 0 aliphatic heterocycles. The maximum Gasteiger partial charge on any atom is 0.157 e. The van der Waals surface area contributed by atoms with Gasteiger partial charge in [-0.25, -0.2) is 0 Å². The second-order valence-corrected chi connectivity index (χ2v) is 14.4. The lowest BCUT2D eigenvalue weighted by molar-refractivity contribution is -0.148. The quantitative estimate of drug-likeness (QED) is 0.0333. The molecule has 258 valence electrons. The average Bonchev–Trinajstić information content (AvgIpc) is 3.01. The third kappa shape index (κ3) is 25.0. The van der Waals surface area contributed by atoms with Gasteiger partial charge in [0, 0.05) is 13.2 Å². The van der Waals surface area contributed by atoms with Crippen molar-refractivity contribution in [1.82, 2.24) is 0 Å². The predicted octanol–water partition coefficient (Wildman–Crippen LogP) is 13.4. The number of benzene rings is 1. The lowest BCUT2D eigenvalue weighted by atomic mass is 10.1. The van der Waals surface area contributed by atoms with Crippen molar-refractivity contribution in [2.24, 2.45) is 0 Å². The highest BCUT2D eigenvalue weighted by atomic mass is 79.9. The van der Waals surface area contributed by atoms with Gasteiger partial charge in [-0.05, 0) is 100 Å². The van der Waals surface area contributed by atoms with Gasteiger partial charge >= 0.3 is 0 Å². The molecule has 0 N–H and O–H groups in total. The van der Waals surface area contributed by atoms with E-state index in [-0.39, 0.29) is 23.3 Å². The molecule has 0 saturated heterocycles. The van der Waals surface area contributed by atoms with Crippen molar-refractivity contribution >= 4 is 30.9 Å². The van der Waals surface area contributed by atoms with Crippen LogP contribution in [0.5, 0.6) is 0 Å². The maximum absolute atomic E-state index is 6.26. The molecule has 0 bridgehead atoms. The van der Waals surface area contributed by atoms with Crippen LogP contribution in [0.15, 0.2) is 24.3 Å². The first-order valence-electron chi connectivity index (χ1n) is 18.8. The summed E-state index contributed by atoms with van der Waals surface area (Å²) in [6.45, 7) is 13.1. The van der Waals surface area contributed by atoms with Gasteiger partial charge < -0.3 is 9.47 Å². The molecule has 1 unspecified atom stereocenters. The van der Waals surface area contributed by atoms with E-state index in [1.165, 1.54) is 164 Å². The Morgan fingerprint density at radius 1 is 0.568 bits per heavy atom. The van der Waals surface area contributed by atoms with Gasteiger partial charge in [0.05, 0.1) is 0 Å². The van der Waals surface area contributed by atoms with E-state index in [9.17, 15) is 0 Å². The monoisotopic (exact) mass is 696 g/mol. The zero-order valence-electron chi connectivity index (χ0n) is 30.0. The van der Waals surface area contributed by atoms with Gasteiger partial charge in [0.25, 0.3) is 0 Å². The number of ether oxygens (including phenoxy) is 2. The number of halogens is 1. The zero-order valence-corrected chi connectivity index (χ0v) is 32.7. The van der Waals surface area contributed by atoms with Crippen LogP contribution in [0, 0.1) is 20.8 Å². The smallest absolute Gasteiger partial charge is 0.157 e. The molecule has 0 radical (unpaired) electrons. The van der Waals surface area contributed by atoms with Gasteiger partial charge in [-0.3, -0.25) is 0 Å². The Bertz CT molecular complexity index is 759. The SMILES string of the molecule is Br.CCCCCCCCCCOC(CCCCCC=CCCCPc1ccc(C)c(C)c1C)OCCCCCCCCCC. The minimum absolute atomic E-state index is 0. The van der Waals surface area contributed by atoms with Crippen LogP contribution in [0.1, 0.15) is 178 Å². The number of rotatable bonds is 31. The van der Waals surface area contributed by atoms with Crippen molar-refractivity contribution < 1.29 is 9.47 Å². The van der Waals surface area contributed by atoms with Crippen LogP contribution in [-0.2, 0) is 9.47 Å². The minimum atomic E-state index is 0. The first-order valence-corrected chi connectivity index (χ1v) is 20.0. The average molecular weight is 698 g/mol. The minimum Gasteiger partial charge on any atom is -0.353 e. The molecule has 0 spiro atoms. The van der Waals surface area contributed by atoms with E-state index in [0.717, 1.165) is 28.2 Å². The second-order valence-electron chi connectivity index (χ2n) is 13.0. The van der Waals surface area contributed by atoms with Crippen LogP contribution in [0.3, 0.4) is 0 Å². The molecule has 44 heavy (non-hydrogen) atoms. The van der Waals surface area contributed by atoms with Crippen LogP contribution < -0.4 is 5.30 Å². The molecule has 1 rings (SSSR count). The molecule has 1 atom stereocenters. The topological polar surface area (TPSA) is 18.5 Å². The molecule has 0 heterocycles. The standard InChI is InChI=1S/C40H73O2P.BrH/c1-6-8-10-12-14-19-23-27-33-41-40(42-34-28-24-20-15-13-11-9-7-2)30-26-22-18-16-17-21-25-29-35-43-39-32-31-36(3)37(4)38(39)5;/h17,21,31-32,40,43H,6-16,18-20,22-30,33-35H2,1-5H3;1H. The Hall–Kier alpha value is -0.210. The molecule has 0 amide bonds. The first-order chi connectivity index (χ1) is 21.1. The number of hydrogen-bond donors (Lipinski definition) is 0. The van der Waals surface area contributed by atoms with E-state index in [1.54, 1.807) is 5.30 Å². The molecule has 0 fully saturated rings. The summed E-state index contributed by atoms with van der Waals surface area (Å²) in [5.41, 5.74) is 4.40. The third-order valence-corrected chi connectivity index (χ3v) is 10.5. The second kappa shape index (κ2) is 32.7. The van der Waals surface area contributed by atoms with Gasteiger partial charge in [-0.2, -0.15) is 0 Å². The summed E-state index contributed by atoms with van der Waals surface area (Å²) >= 11 is 0. The fourth-order valence-corrected chi connectivity index (χ4v) is 7.00. The van der Waals surface area contributed by atoms with Crippen LogP contribution >= 0.6 is 25.6 Å². The van der Waals surface area contributed by atoms with Crippen molar-refractivity contribution in [3.05, 3.63) is 41.0 Å². The van der Waals surface area contributed by atoms with Gasteiger partial charge in [0.1, 0.15) is 0 Å². The molecule has 0 saturated carbocycles. The van der Waals surface area contributed by atoms with Crippen LogP contribution in [0.25, 0.3) is 0 Å². The highest BCUT2D eigenvalue weighted by Gasteiger charge is 2.09. The lowest BCUT2D eigenvalue weighted by Crippen LogP contribution is -2.19. The van der Waals surface area contributed by atoms with E-state index in [0.29, 0.717) is 0 Å². The van der Waals surface area contributed by atoms with Crippen LogP contribution in [-0.4, -0.2) is 25.7 Å². The fraction of sp³-hybridized carbons (Fsp3) is 0.800. The summed E-state index contributed by atoms with van der Waals surface area (Å²) in [6.07, 6.45) is 36.2. The van der Waals surface area contributed by atoms with Crippen molar-refractivity contribution in [2.45, 2.75) is 189 Å². The number of hydrogen-bond acceptors (Lipinski definition) is 2. The first kappa shape index (κ1) is 43.8. The molecule has 1 aromatic carbocycles. The number of unbranched alkanes of at least 4 members (excludes halogenated alkanes) is 18. The van der Waals surface area contributed by atoms with Crippen molar-refractivity contribution in [3.63, 3.8) is 0 Å². The maximum atomic E-state index is 6.26. The summed E-state index contributed by atoms with van der Waals surface area (Å²) in [5.74, 6) is 0. The van der Waals surface area contributed by atoms with Crippen molar-refractivity contribution in [1.29, 1.82) is 0 Å². The van der Waals surface area contributed by atoms with Gasteiger partial charge in [-0.15, -0.1) is 17.0 Å². The molecule has 0 aliphatic rings. The van der Waals surface area contributed by atoms with Gasteiger partial charge in [0.2, 0.25) is 0 Å². The summed E-state index contributed by atoms with van der Waals surface area (Å²) in [4.78, 5) is 0. The summed E-state index contributed by atoms with van der Waals surface area (Å²) in [6, 6.07) is 4.64. The van der Waals surface area contributed by atoms with E-state index < -0.39 is 0 Å². The Morgan fingerprint density at radius 3 is 1.59 bits per heavy atom. The summed E-state index contributed by atoms with van der Waals surface area (Å²) in [7, 11) is 0.945. The summed E-state index contributed by atoms with van der Waals surface area (Å²) < 4.78 is 12.5. The van der Waals surface area contributed by atoms with E-state index in [1.807, 2.05) is 0 Å². The summed E-state index contributed by atoms with van der Waals surface area (Å²) in [5, 5.41) is 1.56. The Kier molecular flexibility index (Phi) is 32.6. The van der Waals surface area contributed by atoms with E-state index in [2.05, 4.69) is 58.9 Å². The lowest BCUT2D eigenvalue weighted by Gasteiger charge is -2.19. The molecule has 2 nitrogen and oxygen atoms in total. The predicted molar refractivity (Wildman–Crippen MR) is 206 cm³/mol. The van der Waals surface area contributed by atoms with Gasteiger partial charge in [0.15, 0.2) is 6.29 Å².